The number of rotatable bonds is 6. The van der Waals surface area contributed by atoms with Crippen LogP contribution in [0.5, 0.6) is 5.75 Å². The van der Waals surface area contributed by atoms with Gasteiger partial charge in [0.2, 0.25) is 5.91 Å². The highest BCUT2D eigenvalue weighted by molar-refractivity contribution is 8.00. The fourth-order valence-corrected chi connectivity index (χ4v) is 3.39. The molecule has 0 radical (unpaired) electrons. The molecule has 0 aromatic heterocycles. The summed E-state index contributed by atoms with van der Waals surface area (Å²) in [5.41, 5.74) is 0.926. The van der Waals surface area contributed by atoms with Crippen LogP contribution >= 0.6 is 11.8 Å². The van der Waals surface area contributed by atoms with Gasteiger partial charge in [0.05, 0.1) is 31.6 Å². The molecule has 20 heavy (non-hydrogen) atoms. The summed E-state index contributed by atoms with van der Waals surface area (Å²) in [5, 5.41) is 18.4. The molecule has 2 atom stereocenters. The molecule has 1 saturated heterocycles. The number of hydrogen-bond donors (Lipinski definition) is 2. The van der Waals surface area contributed by atoms with E-state index in [1.54, 1.807) is 4.90 Å². The standard InChI is InChI=1S/C14H19NO4S/c1-2-19-12-6-4-3-5-11(12)14-15(7-10(17)8-16)13(18)9-20-14/h3-6,10,14,16-17H,2,7-9H2,1H3. The number of aliphatic hydroxyl groups is 2. The molecule has 1 heterocycles. The average Bonchev–Trinajstić information content (AvgIpc) is 2.81. The van der Waals surface area contributed by atoms with Crippen LogP contribution in [-0.2, 0) is 4.79 Å². The highest BCUT2D eigenvalue weighted by atomic mass is 32.2. The van der Waals surface area contributed by atoms with E-state index < -0.39 is 6.10 Å². The van der Waals surface area contributed by atoms with Crippen molar-refractivity contribution in [2.45, 2.75) is 18.4 Å². The SMILES string of the molecule is CCOc1ccccc1C1SCC(=O)N1CC(O)CO. The van der Waals surface area contributed by atoms with E-state index in [-0.39, 0.29) is 24.4 Å². The third-order valence-electron chi connectivity index (χ3n) is 3.07. The molecule has 0 bridgehead atoms. The van der Waals surface area contributed by atoms with Gasteiger partial charge in [0.1, 0.15) is 11.1 Å². The summed E-state index contributed by atoms with van der Waals surface area (Å²) >= 11 is 1.51. The van der Waals surface area contributed by atoms with E-state index in [4.69, 9.17) is 9.84 Å². The molecular formula is C14H19NO4S. The van der Waals surface area contributed by atoms with Crippen LogP contribution in [0.3, 0.4) is 0 Å². The van der Waals surface area contributed by atoms with Crippen LogP contribution in [0.2, 0.25) is 0 Å². The number of ether oxygens (including phenoxy) is 1. The van der Waals surface area contributed by atoms with Crippen molar-refractivity contribution in [3.63, 3.8) is 0 Å². The molecule has 2 N–H and O–H groups in total. The fraction of sp³-hybridized carbons (Fsp3) is 0.500. The van der Waals surface area contributed by atoms with E-state index in [1.807, 2.05) is 31.2 Å². The molecule has 1 aliphatic heterocycles. The van der Waals surface area contributed by atoms with Crippen LogP contribution in [-0.4, -0.2) is 52.6 Å². The van der Waals surface area contributed by atoms with Crippen LogP contribution in [0.15, 0.2) is 24.3 Å². The predicted molar refractivity (Wildman–Crippen MR) is 77.6 cm³/mol. The Labute approximate surface area is 122 Å². The molecule has 5 nitrogen and oxygen atoms in total. The van der Waals surface area contributed by atoms with Crippen molar-refractivity contribution in [1.82, 2.24) is 4.90 Å². The molecule has 1 fully saturated rings. The Morgan fingerprint density at radius 3 is 2.95 bits per heavy atom. The smallest absolute Gasteiger partial charge is 0.233 e. The summed E-state index contributed by atoms with van der Waals surface area (Å²) in [4.78, 5) is 13.6. The van der Waals surface area contributed by atoms with Crippen molar-refractivity contribution in [3.8, 4) is 5.75 Å². The van der Waals surface area contributed by atoms with Gasteiger partial charge in [-0.05, 0) is 13.0 Å². The summed E-state index contributed by atoms with van der Waals surface area (Å²) in [6, 6.07) is 7.60. The number of β-amino-alcohol motifs (C(OH)–C–C–N with tert-alkyl or cyclic N) is 1. The van der Waals surface area contributed by atoms with Gasteiger partial charge in [0, 0.05) is 5.56 Å². The highest BCUT2D eigenvalue weighted by Gasteiger charge is 2.35. The molecule has 2 rings (SSSR count). The first-order chi connectivity index (χ1) is 9.67. The summed E-state index contributed by atoms with van der Waals surface area (Å²) in [6.07, 6.45) is -0.917. The van der Waals surface area contributed by atoms with Crippen molar-refractivity contribution in [2.75, 3.05) is 25.5 Å². The normalized spacial score (nSPS) is 20.2. The molecule has 1 aromatic carbocycles. The second-order valence-corrected chi connectivity index (χ2v) is 5.59. The van der Waals surface area contributed by atoms with Gasteiger partial charge in [-0.2, -0.15) is 0 Å². The first kappa shape index (κ1) is 15.2. The van der Waals surface area contributed by atoms with E-state index >= 15 is 0 Å². The predicted octanol–water partition coefficient (Wildman–Crippen LogP) is 1.01. The number of hydrogen-bond acceptors (Lipinski definition) is 5. The van der Waals surface area contributed by atoms with E-state index in [0.29, 0.717) is 12.4 Å². The number of carbonyl (C=O) groups excluding carboxylic acids is 1. The Balaban J connectivity index is 2.24. The molecule has 0 spiro atoms. The highest BCUT2D eigenvalue weighted by Crippen LogP contribution is 2.42. The third-order valence-corrected chi connectivity index (χ3v) is 4.31. The van der Waals surface area contributed by atoms with Gasteiger partial charge < -0.3 is 19.8 Å². The molecule has 1 aliphatic rings. The maximum atomic E-state index is 12.0. The number of amides is 1. The zero-order chi connectivity index (χ0) is 14.5. The molecule has 6 heteroatoms. The number of aliphatic hydroxyl groups excluding tert-OH is 2. The minimum atomic E-state index is -0.917. The van der Waals surface area contributed by atoms with Gasteiger partial charge in [-0.15, -0.1) is 11.8 Å². The van der Waals surface area contributed by atoms with Crippen LogP contribution in [0.4, 0.5) is 0 Å². The van der Waals surface area contributed by atoms with Crippen molar-refractivity contribution in [3.05, 3.63) is 29.8 Å². The Morgan fingerprint density at radius 1 is 1.50 bits per heavy atom. The maximum absolute atomic E-state index is 12.0. The molecule has 1 amide bonds. The number of para-hydroxylation sites is 1. The van der Waals surface area contributed by atoms with Gasteiger partial charge in [0.15, 0.2) is 0 Å². The lowest BCUT2D eigenvalue weighted by molar-refractivity contribution is -0.129. The van der Waals surface area contributed by atoms with Crippen molar-refractivity contribution < 1.29 is 19.7 Å². The van der Waals surface area contributed by atoms with Gasteiger partial charge in [-0.25, -0.2) is 0 Å². The molecule has 1 aromatic rings. The number of thioether (sulfide) groups is 1. The second kappa shape index (κ2) is 6.97. The van der Waals surface area contributed by atoms with Crippen molar-refractivity contribution in [1.29, 1.82) is 0 Å². The molecular weight excluding hydrogens is 278 g/mol. The van der Waals surface area contributed by atoms with E-state index in [0.717, 1.165) is 11.3 Å². The largest absolute Gasteiger partial charge is 0.493 e. The monoisotopic (exact) mass is 297 g/mol. The number of nitrogens with zero attached hydrogens (tertiary/aromatic N) is 1. The summed E-state index contributed by atoms with van der Waals surface area (Å²) < 4.78 is 5.60. The fourth-order valence-electron chi connectivity index (χ4n) is 2.17. The van der Waals surface area contributed by atoms with Gasteiger partial charge in [0.25, 0.3) is 0 Å². The Kier molecular flexibility index (Phi) is 5.28. The van der Waals surface area contributed by atoms with Crippen molar-refractivity contribution in [2.24, 2.45) is 0 Å². The average molecular weight is 297 g/mol. The van der Waals surface area contributed by atoms with Gasteiger partial charge >= 0.3 is 0 Å². The molecule has 0 aliphatic carbocycles. The van der Waals surface area contributed by atoms with Crippen LogP contribution in [0.1, 0.15) is 17.9 Å². The van der Waals surface area contributed by atoms with Crippen molar-refractivity contribution >= 4 is 17.7 Å². The molecule has 110 valence electrons. The zero-order valence-corrected chi connectivity index (χ0v) is 12.2. The Morgan fingerprint density at radius 2 is 2.25 bits per heavy atom. The topological polar surface area (TPSA) is 70.0 Å². The van der Waals surface area contributed by atoms with Crippen LogP contribution < -0.4 is 4.74 Å². The van der Waals surface area contributed by atoms with Gasteiger partial charge in [-0.3, -0.25) is 4.79 Å². The quantitative estimate of drug-likeness (QED) is 0.820. The zero-order valence-electron chi connectivity index (χ0n) is 11.4. The minimum Gasteiger partial charge on any atom is -0.493 e. The maximum Gasteiger partial charge on any atom is 0.233 e. The number of carbonyl (C=O) groups is 1. The molecule has 0 saturated carbocycles. The van der Waals surface area contributed by atoms with Gasteiger partial charge in [-0.1, -0.05) is 18.2 Å². The van der Waals surface area contributed by atoms with Crippen LogP contribution in [0.25, 0.3) is 0 Å². The van der Waals surface area contributed by atoms with Crippen LogP contribution in [0, 0.1) is 0 Å². The lowest BCUT2D eigenvalue weighted by Crippen LogP contribution is -2.37. The summed E-state index contributed by atoms with van der Waals surface area (Å²) in [7, 11) is 0. The second-order valence-electron chi connectivity index (χ2n) is 4.52. The van der Waals surface area contributed by atoms with E-state index in [1.165, 1.54) is 11.8 Å². The lowest BCUT2D eigenvalue weighted by Gasteiger charge is -2.27. The summed E-state index contributed by atoms with van der Waals surface area (Å²) in [6.45, 7) is 2.25. The first-order valence-electron chi connectivity index (χ1n) is 6.59. The first-order valence-corrected chi connectivity index (χ1v) is 7.64. The Bertz CT molecular complexity index is 468. The molecule has 2 unspecified atom stereocenters. The minimum absolute atomic E-state index is 0.0289. The van der Waals surface area contributed by atoms with E-state index in [2.05, 4.69) is 0 Å². The number of benzene rings is 1. The Hall–Kier alpha value is -1.24. The lowest BCUT2D eigenvalue weighted by atomic mass is 10.1. The van der Waals surface area contributed by atoms with E-state index in [9.17, 15) is 9.90 Å². The third kappa shape index (κ3) is 3.26. The summed E-state index contributed by atoms with van der Waals surface area (Å²) in [5.74, 6) is 1.10.